The molecule has 1 atom stereocenters. The van der Waals surface area contributed by atoms with Gasteiger partial charge in [0, 0.05) is 37.8 Å². The average Bonchev–Trinajstić information content (AvgIpc) is 2.99. The molecule has 5 nitrogen and oxygen atoms in total. The summed E-state index contributed by atoms with van der Waals surface area (Å²) < 4.78 is 5.31. The Bertz CT molecular complexity index is 688. The third kappa shape index (κ3) is 4.19. The van der Waals surface area contributed by atoms with Gasteiger partial charge in [-0.3, -0.25) is 9.78 Å². The Morgan fingerprint density at radius 2 is 2.04 bits per heavy atom. The molecule has 0 spiro atoms. The van der Waals surface area contributed by atoms with Gasteiger partial charge in [-0.15, -0.1) is 0 Å². The molecule has 1 aromatic heterocycles. The molecule has 0 saturated carbocycles. The van der Waals surface area contributed by atoms with E-state index in [0.717, 1.165) is 6.42 Å². The number of carbonyl (C=O) groups excluding carboxylic acids is 2. The number of pyridine rings is 1. The summed E-state index contributed by atoms with van der Waals surface area (Å²) in [6.45, 7) is 1.61. The number of amides is 1. The van der Waals surface area contributed by atoms with Crippen LogP contribution in [0, 0.1) is 5.92 Å². The van der Waals surface area contributed by atoms with Crippen LogP contribution in [0.3, 0.4) is 0 Å². The molecular weight excluding hydrogens is 304 g/mol. The number of aromatic nitrogens is 1. The summed E-state index contributed by atoms with van der Waals surface area (Å²) in [6, 6.07) is 13.5. The van der Waals surface area contributed by atoms with Crippen LogP contribution in [-0.4, -0.2) is 41.5 Å². The van der Waals surface area contributed by atoms with E-state index in [1.807, 2.05) is 23.1 Å². The lowest BCUT2D eigenvalue weighted by Crippen LogP contribution is -2.28. The highest BCUT2D eigenvalue weighted by Gasteiger charge is 2.30. The van der Waals surface area contributed by atoms with Crippen molar-refractivity contribution in [3.8, 4) is 0 Å². The maximum Gasteiger partial charge on any atom is 0.339 e. The molecule has 1 aliphatic rings. The zero-order chi connectivity index (χ0) is 16.8. The van der Waals surface area contributed by atoms with Crippen molar-refractivity contribution in [2.75, 3.05) is 19.7 Å². The van der Waals surface area contributed by atoms with Crippen LogP contribution in [-0.2, 0) is 16.0 Å². The number of ether oxygens (including phenoxy) is 1. The molecular formula is C19H20N2O3. The predicted molar refractivity (Wildman–Crippen MR) is 89.4 cm³/mol. The largest absolute Gasteiger partial charge is 0.462 e. The van der Waals surface area contributed by atoms with E-state index >= 15 is 0 Å². The summed E-state index contributed by atoms with van der Waals surface area (Å²) in [5.74, 6) is -0.194. The van der Waals surface area contributed by atoms with Gasteiger partial charge in [0.2, 0.25) is 5.91 Å². The Morgan fingerprint density at radius 3 is 2.79 bits per heavy atom. The Balaban J connectivity index is 1.45. The van der Waals surface area contributed by atoms with E-state index in [-0.39, 0.29) is 18.4 Å². The number of hydrogen-bond acceptors (Lipinski definition) is 4. The van der Waals surface area contributed by atoms with Crippen molar-refractivity contribution in [1.82, 2.24) is 9.88 Å². The maximum absolute atomic E-state index is 12.1. The summed E-state index contributed by atoms with van der Waals surface area (Å²) >= 11 is 0. The molecule has 3 rings (SSSR count). The molecule has 1 fully saturated rings. The first-order valence-electron chi connectivity index (χ1n) is 8.11. The SMILES string of the molecule is O=C(OC[C@H]1CC(=O)N(CCc2ccccc2)C1)c1cccnc1. The number of likely N-dealkylation sites (tertiary alicyclic amines) is 1. The van der Waals surface area contributed by atoms with Crippen LogP contribution in [0.2, 0.25) is 0 Å². The maximum atomic E-state index is 12.1. The molecule has 1 amide bonds. The predicted octanol–water partition coefficient (Wildman–Crippen LogP) is 2.33. The number of carbonyl (C=O) groups is 2. The Morgan fingerprint density at radius 1 is 1.21 bits per heavy atom. The second-order valence-electron chi connectivity index (χ2n) is 5.99. The average molecular weight is 324 g/mol. The van der Waals surface area contributed by atoms with E-state index in [9.17, 15) is 9.59 Å². The van der Waals surface area contributed by atoms with Gasteiger partial charge in [0.25, 0.3) is 0 Å². The van der Waals surface area contributed by atoms with Gasteiger partial charge in [-0.05, 0) is 24.1 Å². The van der Waals surface area contributed by atoms with E-state index in [0.29, 0.717) is 25.1 Å². The molecule has 0 bridgehead atoms. The first kappa shape index (κ1) is 16.2. The fraction of sp³-hybridized carbons (Fsp3) is 0.316. The van der Waals surface area contributed by atoms with Gasteiger partial charge in [0.15, 0.2) is 0 Å². The highest BCUT2D eigenvalue weighted by molar-refractivity contribution is 5.89. The van der Waals surface area contributed by atoms with Gasteiger partial charge in [-0.2, -0.15) is 0 Å². The number of esters is 1. The van der Waals surface area contributed by atoms with Gasteiger partial charge >= 0.3 is 5.97 Å². The second kappa shape index (κ2) is 7.73. The van der Waals surface area contributed by atoms with Crippen molar-refractivity contribution in [3.05, 3.63) is 66.0 Å². The molecule has 1 aliphatic heterocycles. The topological polar surface area (TPSA) is 59.5 Å². The number of nitrogens with zero attached hydrogens (tertiary/aromatic N) is 2. The summed E-state index contributed by atoms with van der Waals surface area (Å²) in [7, 11) is 0. The van der Waals surface area contributed by atoms with Crippen molar-refractivity contribution in [2.45, 2.75) is 12.8 Å². The van der Waals surface area contributed by atoms with Gasteiger partial charge in [-0.1, -0.05) is 30.3 Å². The highest BCUT2D eigenvalue weighted by Crippen LogP contribution is 2.19. The smallest absolute Gasteiger partial charge is 0.339 e. The van der Waals surface area contributed by atoms with Crippen LogP contribution in [0.4, 0.5) is 0 Å². The lowest BCUT2D eigenvalue weighted by Gasteiger charge is -2.16. The van der Waals surface area contributed by atoms with Crippen LogP contribution in [0.15, 0.2) is 54.9 Å². The van der Waals surface area contributed by atoms with E-state index in [4.69, 9.17) is 4.74 Å². The van der Waals surface area contributed by atoms with Crippen molar-refractivity contribution < 1.29 is 14.3 Å². The Hall–Kier alpha value is -2.69. The molecule has 24 heavy (non-hydrogen) atoms. The molecule has 1 saturated heterocycles. The summed E-state index contributed by atoms with van der Waals surface area (Å²) in [4.78, 5) is 29.8. The molecule has 1 aromatic carbocycles. The monoisotopic (exact) mass is 324 g/mol. The summed E-state index contributed by atoms with van der Waals surface area (Å²) in [6.07, 6.45) is 4.37. The molecule has 0 unspecified atom stereocenters. The van der Waals surface area contributed by atoms with Crippen LogP contribution >= 0.6 is 0 Å². The number of hydrogen-bond donors (Lipinski definition) is 0. The van der Waals surface area contributed by atoms with Crippen LogP contribution in [0.5, 0.6) is 0 Å². The van der Waals surface area contributed by atoms with Crippen molar-refractivity contribution in [1.29, 1.82) is 0 Å². The number of benzene rings is 1. The molecule has 2 heterocycles. The molecule has 124 valence electrons. The van der Waals surface area contributed by atoms with Gasteiger partial charge in [-0.25, -0.2) is 4.79 Å². The number of rotatable bonds is 6. The first-order chi connectivity index (χ1) is 11.7. The fourth-order valence-electron chi connectivity index (χ4n) is 2.85. The summed E-state index contributed by atoms with van der Waals surface area (Å²) in [5.41, 5.74) is 1.65. The fourth-order valence-corrected chi connectivity index (χ4v) is 2.85. The molecule has 0 radical (unpaired) electrons. The van der Waals surface area contributed by atoms with Gasteiger partial charge in [0.05, 0.1) is 12.2 Å². The zero-order valence-corrected chi connectivity index (χ0v) is 13.4. The second-order valence-corrected chi connectivity index (χ2v) is 5.99. The quantitative estimate of drug-likeness (QED) is 0.765. The standard InChI is InChI=1S/C19H20N2O3/c22-18-11-16(14-24-19(23)17-7-4-9-20-12-17)13-21(18)10-8-15-5-2-1-3-6-15/h1-7,9,12,16H,8,10-11,13-14H2/t16-/m0/s1. The molecule has 5 heteroatoms. The lowest BCUT2D eigenvalue weighted by molar-refractivity contribution is -0.127. The third-order valence-corrected chi connectivity index (χ3v) is 4.16. The van der Waals surface area contributed by atoms with Crippen LogP contribution in [0.25, 0.3) is 0 Å². The normalized spacial score (nSPS) is 17.1. The molecule has 0 aliphatic carbocycles. The van der Waals surface area contributed by atoms with Gasteiger partial charge in [0.1, 0.15) is 0 Å². The summed E-state index contributed by atoms with van der Waals surface area (Å²) in [5, 5.41) is 0. The minimum Gasteiger partial charge on any atom is -0.462 e. The minimum absolute atomic E-state index is 0.0638. The van der Waals surface area contributed by atoms with Crippen LogP contribution in [0.1, 0.15) is 22.3 Å². The lowest BCUT2D eigenvalue weighted by atomic mass is 10.1. The Labute approximate surface area is 141 Å². The highest BCUT2D eigenvalue weighted by atomic mass is 16.5. The third-order valence-electron chi connectivity index (χ3n) is 4.16. The minimum atomic E-state index is -0.390. The Kier molecular flexibility index (Phi) is 5.21. The zero-order valence-electron chi connectivity index (χ0n) is 13.4. The van der Waals surface area contributed by atoms with Crippen molar-refractivity contribution in [2.24, 2.45) is 5.92 Å². The van der Waals surface area contributed by atoms with E-state index < -0.39 is 5.97 Å². The molecule has 0 N–H and O–H groups in total. The van der Waals surface area contributed by atoms with E-state index in [2.05, 4.69) is 17.1 Å². The van der Waals surface area contributed by atoms with Crippen molar-refractivity contribution >= 4 is 11.9 Å². The van der Waals surface area contributed by atoms with E-state index in [1.165, 1.54) is 11.8 Å². The van der Waals surface area contributed by atoms with Gasteiger partial charge < -0.3 is 9.64 Å². The molecule has 2 aromatic rings. The van der Waals surface area contributed by atoms with E-state index in [1.54, 1.807) is 18.3 Å². The van der Waals surface area contributed by atoms with Crippen LogP contribution < -0.4 is 0 Å². The first-order valence-corrected chi connectivity index (χ1v) is 8.11. The van der Waals surface area contributed by atoms with Crippen molar-refractivity contribution in [3.63, 3.8) is 0 Å².